The molecule has 0 radical (unpaired) electrons. The molecule has 2 amide bonds. The summed E-state index contributed by atoms with van der Waals surface area (Å²) in [5.74, 6) is 0.0557. The van der Waals surface area contributed by atoms with Gasteiger partial charge in [-0.2, -0.15) is 0 Å². The van der Waals surface area contributed by atoms with Gasteiger partial charge in [0.05, 0.1) is 17.8 Å². The predicted molar refractivity (Wildman–Crippen MR) is 136 cm³/mol. The van der Waals surface area contributed by atoms with Crippen LogP contribution in [0.4, 0.5) is 0 Å². The SMILES string of the molecule is CCCCNC(=O)C(/C=C1\CN(CCCOC)CC(NC(=O)C2=CC=CCC(NC)=C2)=N1)=C/N. The highest BCUT2D eigenvalue weighted by Gasteiger charge is 2.21. The van der Waals surface area contributed by atoms with Crippen LogP contribution < -0.4 is 21.7 Å². The molecule has 9 heteroatoms. The summed E-state index contributed by atoms with van der Waals surface area (Å²) >= 11 is 0. The number of carbonyl (C=O) groups is 2. The molecule has 1 aliphatic carbocycles. The second-order valence-electron chi connectivity index (χ2n) is 8.11. The average Bonchev–Trinajstić information content (AvgIpc) is 3.08. The lowest BCUT2D eigenvalue weighted by Crippen LogP contribution is -2.44. The summed E-state index contributed by atoms with van der Waals surface area (Å²) in [5, 5.41) is 8.92. The molecule has 0 saturated heterocycles. The summed E-state index contributed by atoms with van der Waals surface area (Å²) < 4.78 is 5.18. The van der Waals surface area contributed by atoms with Crippen molar-refractivity contribution in [2.24, 2.45) is 10.7 Å². The van der Waals surface area contributed by atoms with Gasteiger partial charge in [0.15, 0.2) is 0 Å². The van der Waals surface area contributed by atoms with Crippen molar-refractivity contribution < 1.29 is 14.3 Å². The van der Waals surface area contributed by atoms with Crippen LogP contribution >= 0.6 is 0 Å². The number of nitrogens with two attached hydrogens (primary N) is 1. The maximum Gasteiger partial charge on any atom is 0.256 e. The third-order valence-electron chi connectivity index (χ3n) is 5.36. The van der Waals surface area contributed by atoms with E-state index in [2.05, 4.69) is 32.8 Å². The Kier molecular flexibility index (Phi) is 11.8. The van der Waals surface area contributed by atoms with Crippen molar-refractivity contribution in [1.29, 1.82) is 0 Å². The smallest absolute Gasteiger partial charge is 0.256 e. The van der Waals surface area contributed by atoms with Gasteiger partial charge in [0.1, 0.15) is 5.84 Å². The lowest BCUT2D eigenvalue weighted by molar-refractivity contribution is -0.117. The summed E-state index contributed by atoms with van der Waals surface area (Å²) in [6.45, 7) is 5.09. The van der Waals surface area contributed by atoms with Gasteiger partial charge in [-0.05, 0) is 31.1 Å². The Labute approximate surface area is 202 Å². The van der Waals surface area contributed by atoms with Crippen molar-refractivity contribution in [2.45, 2.75) is 32.6 Å². The number of nitrogens with one attached hydrogen (secondary N) is 3. The number of aliphatic imine (C=N–C) groups is 1. The zero-order valence-corrected chi connectivity index (χ0v) is 20.5. The minimum absolute atomic E-state index is 0.233. The molecule has 186 valence electrons. The summed E-state index contributed by atoms with van der Waals surface area (Å²) in [6, 6.07) is 0. The zero-order valence-electron chi connectivity index (χ0n) is 20.5. The minimum Gasteiger partial charge on any atom is -0.404 e. The van der Waals surface area contributed by atoms with Crippen LogP contribution in [0.15, 0.2) is 64.1 Å². The van der Waals surface area contributed by atoms with Crippen LogP contribution in [0.3, 0.4) is 0 Å². The molecule has 0 saturated carbocycles. The van der Waals surface area contributed by atoms with E-state index in [9.17, 15) is 9.59 Å². The third kappa shape index (κ3) is 8.99. The second-order valence-corrected chi connectivity index (χ2v) is 8.11. The highest BCUT2D eigenvalue weighted by molar-refractivity contribution is 6.08. The standard InChI is InChI=1S/C25H38N6O3/c1-4-5-11-28-24(32)20(16-26)15-22-17-31(12-8-13-34-3)18-23(29-22)30-25(33)19-9-6-7-10-21(14-19)27-2/h6-7,9,14-16,27H,4-5,8,10-13,17-18,26H2,1-3H3,(H,28,32)(H,29,30,33)/b20-16+,22-15+. The number of hydrogen-bond acceptors (Lipinski definition) is 7. The van der Waals surface area contributed by atoms with Crippen LogP contribution in [0, 0.1) is 0 Å². The predicted octanol–water partition coefficient (Wildman–Crippen LogP) is 1.49. The van der Waals surface area contributed by atoms with Crippen molar-refractivity contribution >= 4 is 17.6 Å². The van der Waals surface area contributed by atoms with E-state index in [4.69, 9.17) is 10.5 Å². The van der Waals surface area contributed by atoms with Crippen LogP contribution in [-0.4, -0.2) is 69.5 Å². The van der Waals surface area contributed by atoms with E-state index >= 15 is 0 Å². The van der Waals surface area contributed by atoms with Crippen molar-refractivity contribution in [3.8, 4) is 0 Å². The number of amides is 2. The van der Waals surface area contributed by atoms with Crippen molar-refractivity contribution in [2.75, 3.05) is 46.9 Å². The highest BCUT2D eigenvalue weighted by atomic mass is 16.5. The monoisotopic (exact) mass is 470 g/mol. The van der Waals surface area contributed by atoms with Crippen molar-refractivity contribution in [3.05, 3.63) is 59.1 Å². The van der Waals surface area contributed by atoms with E-state index in [0.717, 1.165) is 37.9 Å². The van der Waals surface area contributed by atoms with Crippen molar-refractivity contribution in [1.82, 2.24) is 20.9 Å². The number of ether oxygens (including phenoxy) is 1. The Morgan fingerprint density at radius 2 is 2.12 bits per heavy atom. The summed E-state index contributed by atoms with van der Waals surface area (Å²) in [4.78, 5) is 32.3. The van der Waals surface area contributed by atoms with E-state index in [1.807, 2.05) is 25.3 Å². The van der Waals surface area contributed by atoms with Gasteiger partial charge < -0.3 is 26.4 Å². The lowest BCUT2D eigenvalue weighted by Gasteiger charge is -2.28. The lowest BCUT2D eigenvalue weighted by atomic mass is 10.1. The normalized spacial score (nSPS) is 18.0. The fraction of sp³-hybridized carbons (Fsp3) is 0.480. The Hall–Kier alpha value is -3.17. The number of nitrogens with zero attached hydrogens (tertiary/aromatic N) is 2. The molecule has 0 spiro atoms. The summed E-state index contributed by atoms with van der Waals surface area (Å²) in [6.07, 6.45) is 13.9. The van der Waals surface area contributed by atoms with Crippen LogP contribution in [-0.2, 0) is 14.3 Å². The molecular formula is C25H38N6O3. The first-order valence-corrected chi connectivity index (χ1v) is 11.8. The summed E-state index contributed by atoms with van der Waals surface area (Å²) in [7, 11) is 3.51. The number of methoxy groups -OCH3 is 1. The molecule has 0 atom stereocenters. The molecule has 5 N–H and O–H groups in total. The van der Waals surface area contributed by atoms with Gasteiger partial charge in [-0.15, -0.1) is 0 Å². The average molecular weight is 471 g/mol. The van der Waals surface area contributed by atoms with E-state index in [0.29, 0.717) is 48.9 Å². The highest BCUT2D eigenvalue weighted by Crippen LogP contribution is 2.14. The van der Waals surface area contributed by atoms with Gasteiger partial charge in [-0.1, -0.05) is 25.5 Å². The molecule has 34 heavy (non-hydrogen) atoms. The third-order valence-corrected chi connectivity index (χ3v) is 5.36. The van der Waals surface area contributed by atoms with E-state index in [1.165, 1.54) is 6.20 Å². The number of hydrogen-bond donors (Lipinski definition) is 4. The molecule has 0 aromatic carbocycles. The Bertz CT molecular complexity index is 898. The van der Waals surface area contributed by atoms with Gasteiger partial charge in [0.25, 0.3) is 11.8 Å². The molecule has 1 aliphatic heterocycles. The molecule has 0 fully saturated rings. The van der Waals surface area contributed by atoms with Gasteiger partial charge in [0, 0.05) is 64.3 Å². The fourth-order valence-electron chi connectivity index (χ4n) is 3.51. The quantitative estimate of drug-likeness (QED) is 0.268. The molecule has 1 heterocycles. The van der Waals surface area contributed by atoms with Crippen LogP contribution in [0.5, 0.6) is 0 Å². The van der Waals surface area contributed by atoms with Gasteiger partial charge in [0.2, 0.25) is 0 Å². The number of allylic oxidation sites excluding steroid dienone is 3. The van der Waals surface area contributed by atoms with Crippen LogP contribution in [0.25, 0.3) is 0 Å². The number of amidine groups is 1. The molecule has 0 aromatic rings. The molecule has 0 aromatic heterocycles. The Morgan fingerprint density at radius 1 is 1.29 bits per heavy atom. The maximum atomic E-state index is 13.0. The van der Waals surface area contributed by atoms with Crippen molar-refractivity contribution in [3.63, 3.8) is 0 Å². The topological polar surface area (TPSA) is 121 Å². The first-order valence-electron chi connectivity index (χ1n) is 11.8. The maximum absolute atomic E-state index is 13.0. The second kappa shape index (κ2) is 14.9. The van der Waals surface area contributed by atoms with Gasteiger partial charge in [-0.25, -0.2) is 4.99 Å². The fourth-order valence-corrected chi connectivity index (χ4v) is 3.51. The number of unbranched alkanes of at least 4 members (excludes halogenated alkanes) is 1. The van der Waals surface area contributed by atoms with Crippen LogP contribution in [0.2, 0.25) is 0 Å². The minimum atomic E-state index is -0.235. The molecular weight excluding hydrogens is 432 g/mol. The molecule has 9 nitrogen and oxygen atoms in total. The van der Waals surface area contributed by atoms with Gasteiger partial charge >= 0.3 is 0 Å². The van der Waals surface area contributed by atoms with E-state index in [-0.39, 0.29) is 11.8 Å². The first-order chi connectivity index (χ1) is 16.5. The number of carbonyl (C=O) groups excluding carboxylic acids is 2. The van der Waals surface area contributed by atoms with Crippen LogP contribution in [0.1, 0.15) is 32.6 Å². The number of rotatable bonds is 11. The molecule has 2 aliphatic rings. The molecule has 0 unspecified atom stereocenters. The van der Waals surface area contributed by atoms with Gasteiger partial charge in [-0.3, -0.25) is 14.5 Å². The first kappa shape index (κ1) is 27.1. The Morgan fingerprint density at radius 3 is 2.82 bits per heavy atom. The molecule has 2 rings (SSSR count). The Balaban J connectivity index is 2.21. The zero-order chi connectivity index (χ0) is 24.8. The largest absolute Gasteiger partial charge is 0.404 e. The molecule has 0 bridgehead atoms. The summed E-state index contributed by atoms with van der Waals surface area (Å²) in [5.41, 5.74) is 8.24. The van der Waals surface area contributed by atoms with E-state index in [1.54, 1.807) is 19.3 Å². The van der Waals surface area contributed by atoms with E-state index < -0.39 is 0 Å².